The van der Waals surface area contributed by atoms with Crippen LogP contribution in [0.15, 0.2) is 24.3 Å². The molecule has 2 unspecified atom stereocenters. The number of aliphatic hydroxyl groups excluding tert-OH is 1. The lowest BCUT2D eigenvalue weighted by atomic mass is 9.94. The van der Waals surface area contributed by atoms with E-state index >= 15 is 0 Å². The molecule has 0 amide bonds. The smallest absolute Gasteiger partial charge is 0.323 e. The van der Waals surface area contributed by atoms with Crippen molar-refractivity contribution in [2.75, 3.05) is 6.54 Å². The Hall–Kier alpha value is -1.59. The third-order valence-electron chi connectivity index (χ3n) is 3.38. The molecule has 1 rings (SSSR count). The summed E-state index contributed by atoms with van der Waals surface area (Å²) in [6.45, 7) is 6.18. The zero-order valence-electron chi connectivity index (χ0n) is 12.9. The zero-order valence-corrected chi connectivity index (χ0v) is 12.9. The maximum absolute atomic E-state index is 11.5. The Labute approximate surface area is 125 Å². The number of aliphatic carboxylic acids is 1. The van der Waals surface area contributed by atoms with E-state index in [4.69, 9.17) is 9.84 Å². The number of rotatable bonds is 9. The molecule has 1 aromatic carbocycles. The molecule has 0 radical (unpaired) electrons. The maximum Gasteiger partial charge on any atom is 0.323 e. The average Bonchev–Trinajstić information content (AvgIpc) is 2.45. The summed E-state index contributed by atoms with van der Waals surface area (Å²) in [6.07, 6.45) is 1.00. The van der Waals surface area contributed by atoms with E-state index in [2.05, 4.69) is 5.32 Å². The fourth-order valence-corrected chi connectivity index (χ4v) is 2.16. The fraction of sp³-hybridized carbons (Fsp3) is 0.562. The van der Waals surface area contributed by atoms with Gasteiger partial charge in [0.25, 0.3) is 0 Å². The van der Waals surface area contributed by atoms with E-state index < -0.39 is 11.5 Å². The van der Waals surface area contributed by atoms with E-state index in [1.807, 2.05) is 13.8 Å². The minimum Gasteiger partial charge on any atom is -0.491 e. The van der Waals surface area contributed by atoms with E-state index in [1.165, 1.54) is 0 Å². The Kier molecular flexibility index (Phi) is 6.65. The highest BCUT2D eigenvalue weighted by atomic mass is 16.5. The summed E-state index contributed by atoms with van der Waals surface area (Å²) in [5, 5.41) is 21.5. The minimum atomic E-state index is -1.000. The molecular formula is C16H25NO4. The van der Waals surface area contributed by atoms with Gasteiger partial charge in [0, 0.05) is 6.42 Å². The van der Waals surface area contributed by atoms with Gasteiger partial charge < -0.3 is 20.3 Å². The third-order valence-corrected chi connectivity index (χ3v) is 3.38. The molecular weight excluding hydrogens is 270 g/mol. The number of carbonyl (C=O) groups is 1. The van der Waals surface area contributed by atoms with E-state index in [0.717, 1.165) is 12.0 Å². The molecule has 21 heavy (non-hydrogen) atoms. The molecule has 0 heterocycles. The van der Waals surface area contributed by atoms with Gasteiger partial charge in [-0.2, -0.15) is 0 Å². The first-order valence-corrected chi connectivity index (χ1v) is 7.26. The minimum absolute atomic E-state index is 0.00609. The first-order valence-electron chi connectivity index (χ1n) is 7.26. The molecule has 0 aliphatic rings. The number of nitrogens with one attached hydrogen (secondary N) is 1. The summed E-state index contributed by atoms with van der Waals surface area (Å²) in [5.41, 5.74) is -0.185. The number of carboxylic acids is 1. The molecule has 0 saturated heterocycles. The van der Waals surface area contributed by atoms with Gasteiger partial charge in [-0.05, 0) is 44.5 Å². The molecule has 2 atom stereocenters. The topological polar surface area (TPSA) is 78.8 Å². The molecule has 0 aliphatic carbocycles. The van der Waals surface area contributed by atoms with Crippen LogP contribution in [0.5, 0.6) is 5.75 Å². The second kappa shape index (κ2) is 8.00. The number of carboxylic acid groups (broad SMARTS) is 1. The number of ether oxygens (including phenoxy) is 1. The van der Waals surface area contributed by atoms with E-state index in [0.29, 0.717) is 18.7 Å². The second-order valence-electron chi connectivity index (χ2n) is 5.50. The van der Waals surface area contributed by atoms with Crippen LogP contribution in [-0.4, -0.2) is 34.4 Å². The van der Waals surface area contributed by atoms with E-state index in [-0.39, 0.29) is 12.7 Å². The van der Waals surface area contributed by atoms with Crippen LogP contribution in [0.4, 0.5) is 0 Å². The van der Waals surface area contributed by atoms with Crippen LogP contribution in [0, 0.1) is 0 Å². The monoisotopic (exact) mass is 295 g/mol. The SMILES string of the molecule is CCCNC(C)(CC(C)Oc1ccc(CO)cc1)C(=O)O. The molecule has 0 fully saturated rings. The van der Waals surface area contributed by atoms with E-state index in [1.54, 1.807) is 31.2 Å². The summed E-state index contributed by atoms with van der Waals surface area (Å²) in [4.78, 5) is 11.5. The van der Waals surface area contributed by atoms with Gasteiger partial charge in [-0.1, -0.05) is 19.1 Å². The van der Waals surface area contributed by atoms with Gasteiger partial charge in [-0.3, -0.25) is 4.79 Å². The largest absolute Gasteiger partial charge is 0.491 e. The van der Waals surface area contributed by atoms with E-state index in [9.17, 15) is 9.90 Å². The number of benzene rings is 1. The molecule has 5 heteroatoms. The van der Waals surface area contributed by atoms with Crippen LogP contribution in [0.25, 0.3) is 0 Å². The van der Waals surface area contributed by atoms with Crippen LogP contribution < -0.4 is 10.1 Å². The molecule has 5 nitrogen and oxygen atoms in total. The van der Waals surface area contributed by atoms with Crippen molar-refractivity contribution in [1.82, 2.24) is 5.32 Å². The van der Waals surface area contributed by atoms with Crippen molar-refractivity contribution in [1.29, 1.82) is 0 Å². The van der Waals surface area contributed by atoms with Gasteiger partial charge in [0.2, 0.25) is 0 Å². The van der Waals surface area contributed by atoms with Crippen molar-refractivity contribution >= 4 is 5.97 Å². The molecule has 1 aromatic rings. The summed E-state index contributed by atoms with van der Waals surface area (Å²) in [7, 11) is 0. The molecule has 3 N–H and O–H groups in total. The normalized spacial score (nSPS) is 15.2. The Balaban J connectivity index is 2.64. The van der Waals surface area contributed by atoms with Crippen molar-refractivity contribution in [3.05, 3.63) is 29.8 Å². The van der Waals surface area contributed by atoms with Crippen molar-refractivity contribution in [2.24, 2.45) is 0 Å². The Morgan fingerprint density at radius 2 is 2.00 bits per heavy atom. The van der Waals surface area contributed by atoms with Crippen molar-refractivity contribution in [3.8, 4) is 5.75 Å². The maximum atomic E-state index is 11.5. The highest BCUT2D eigenvalue weighted by Crippen LogP contribution is 2.19. The average molecular weight is 295 g/mol. The van der Waals surface area contributed by atoms with Gasteiger partial charge in [0.1, 0.15) is 11.3 Å². The van der Waals surface area contributed by atoms with Crippen LogP contribution in [0.2, 0.25) is 0 Å². The second-order valence-corrected chi connectivity index (χ2v) is 5.50. The number of hydrogen-bond donors (Lipinski definition) is 3. The summed E-state index contributed by atoms with van der Waals surface area (Å²) in [6, 6.07) is 7.13. The first kappa shape index (κ1) is 17.5. The predicted octanol–water partition coefficient (Wildman–Crippen LogP) is 2.18. The van der Waals surface area contributed by atoms with Crippen LogP contribution in [-0.2, 0) is 11.4 Å². The lowest BCUT2D eigenvalue weighted by molar-refractivity contribution is -0.145. The summed E-state index contributed by atoms with van der Waals surface area (Å²) < 4.78 is 5.75. The number of aliphatic hydroxyl groups is 1. The molecule has 0 aromatic heterocycles. The van der Waals surface area contributed by atoms with Gasteiger partial charge in [0.05, 0.1) is 12.7 Å². The molecule has 118 valence electrons. The van der Waals surface area contributed by atoms with Crippen LogP contribution in [0.3, 0.4) is 0 Å². The Morgan fingerprint density at radius 1 is 1.38 bits per heavy atom. The van der Waals surface area contributed by atoms with Gasteiger partial charge in [-0.25, -0.2) is 0 Å². The van der Waals surface area contributed by atoms with Crippen molar-refractivity contribution < 1.29 is 19.7 Å². The zero-order chi connectivity index (χ0) is 15.9. The van der Waals surface area contributed by atoms with Gasteiger partial charge in [0.15, 0.2) is 0 Å². The standard InChI is InChI=1S/C16H25NO4/c1-4-9-17-16(3,15(19)20)10-12(2)21-14-7-5-13(11-18)6-8-14/h5-8,12,17-18H,4,9-11H2,1-3H3,(H,19,20). The highest BCUT2D eigenvalue weighted by Gasteiger charge is 2.34. The summed E-state index contributed by atoms with van der Waals surface area (Å²) in [5.74, 6) is -0.204. The van der Waals surface area contributed by atoms with Gasteiger partial charge in [-0.15, -0.1) is 0 Å². The predicted molar refractivity (Wildman–Crippen MR) is 81.4 cm³/mol. The molecule has 0 saturated carbocycles. The molecule has 0 spiro atoms. The van der Waals surface area contributed by atoms with Gasteiger partial charge >= 0.3 is 5.97 Å². The quantitative estimate of drug-likeness (QED) is 0.651. The van der Waals surface area contributed by atoms with Crippen LogP contribution in [0.1, 0.15) is 39.2 Å². The lowest BCUT2D eigenvalue weighted by Crippen LogP contribution is -2.52. The molecule has 0 bridgehead atoms. The van der Waals surface area contributed by atoms with Crippen molar-refractivity contribution in [3.63, 3.8) is 0 Å². The highest BCUT2D eigenvalue weighted by molar-refractivity contribution is 5.78. The Bertz CT molecular complexity index is 446. The first-order chi connectivity index (χ1) is 9.91. The number of hydrogen-bond acceptors (Lipinski definition) is 4. The molecule has 0 aliphatic heterocycles. The Morgan fingerprint density at radius 3 is 2.48 bits per heavy atom. The summed E-state index contributed by atoms with van der Waals surface area (Å²) >= 11 is 0. The lowest BCUT2D eigenvalue weighted by Gasteiger charge is -2.29. The van der Waals surface area contributed by atoms with Crippen molar-refractivity contribution in [2.45, 2.75) is 51.9 Å². The third kappa shape index (κ3) is 5.36. The van der Waals surface area contributed by atoms with Crippen LogP contribution >= 0.6 is 0 Å². The fourth-order valence-electron chi connectivity index (χ4n) is 2.16.